The van der Waals surface area contributed by atoms with Crippen molar-refractivity contribution in [2.24, 2.45) is 5.92 Å². The van der Waals surface area contributed by atoms with Crippen LogP contribution in [0, 0.1) is 11.7 Å². The van der Waals surface area contributed by atoms with E-state index in [9.17, 15) is 27.8 Å². The molecule has 0 saturated heterocycles. The molecule has 10 nitrogen and oxygen atoms in total. The zero-order valence-corrected chi connectivity index (χ0v) is 20.4. The lowest BCUT2D eigenvalue weighted by Crippen LogP contribution is -2.50. The number of fused-ring (bicyclic) bond motifs is 1. The highest BCUT2D eigenvalue weighted by Crippen LogP contribution is 2.35. The van der Waals surface area contributed by atoms with Gasteiger partial charge < -0.3 is 25.4 Å². The third-order valence-electron chi connectivity index (χ3n) is 5.75. The summed E-state index contributed by atoms with van der Waals surface area (Å²) >= 11 is -2.23. The molecule has 12 heteroatoms. The first-order valence-corrected chi connectivity index (χ1v) is 12.0. The molecule has 0 aromatic heterocycles. The molecule has 1 aliphatic heterocycles. The summed E-state index contributed by atoms with van der Waals surface area (Å²) in [5, 5.41) is 15.0. The van der Waals surface area contributed by atoms with Crippen molar-refractivity contribution in [2.75, 3.05) is 37.4 Å². The lowest BCUT2D eigenvalue weighted by Gasteiger charge is -2.38. The predicted molar refractivity (Wildman–Crippen MR) is 130 cm³/mol. The minimum atomic E-state index is -2.23. The number of urea groups is 1. The van der Waals surface area contributed by atoms with Crippen molar-refractivity contribution in [3.8, 4) is 5.75 Å². The van der Waals surface area contributed by atoms with Gasteiger partial charge in [0, 0.05) is 25.2 Å². The van der Waals surface area contributed by atoms with Crippen molar-refractivity contribution in [3.63, 3.8) is 0 Å². The van der Waals surface area contributed by atoms with Gasteiger partial charge in [0.05, 0.1) is 30.4 Å². The molecule has 0 aliphatic carbocycles. The molecule has 35 heavy (non-hydrogen) atoms. The van der Waals surface area contributed by atoms with E-state index in [-0.39, 0.29) is 48.5 Å². The number of para-hydroxylation sites is 1. The van der Waals surface area contributed by atoms with Gasteiger partial charge in [0.1, 0.15) is 11.9 Å². The maximum Gasteiger partial charge on any atom is 0.323 e. The molecule has 0 saturated carbocycles. The van der Waals surface area contributed by atoms with Gasteiger partial charge in [0.2, 0.25) is 11.3 Å². The normalized spacial score (nSPS) is 19.7. The van der Waals surface area contributed by atoms with Crippen molar-refractivity contribution < 1.29 is 32.6 Å². The number of amides is 3. The van der Waals surface area contributed by atoms with Gasteiger partial charge in [0.15, 0.2) is 5.75 Å². The molecule has 0 radical (unpaired) electrons. The molecule has 0 fully saturated rings. The molecule has 1 heterocycles. The van der Waals surface area contributed by atoms with Crippen LogP contribution < -0.4 is 15.4 Å². The quantitative estimate of drug-likeness (QED) is 0.426. The number of anilines is 2. The Morgan fingerprint density at radius 2 is 1.97 bits per heavy atom. The van der Waals surface area contributed by atoms with Crippen LogP contribution in [0.3, 0.4) is 0 Å². The number of aliphatic hydroxyl groups is 1. The van der Waals surface area contributed by atoms with Gasteiger partial charge in [0.25, 0.3) is 5.91 Å². The lowest BCUT2D eigenvalue weighted by atomic mass is 9.99. The highest BCUT2D eigenvalue weighted by atomic mass is 32.2. The zero-order chi connectivity index (χ0) is 25.7. The summed E-state index contributed by atoms with van der Waals surface area (Å²) in [5.74, 6) is -1.000. The van der Waals surface area contributed by atoms with Gasteiger partial charge in [-0.2, -0.15) is 0 Å². The molecule has 4 N–H and O–H groups in total. The molecule has 2 aromatic rings. The number of hydrogen-bond acceptors (Lipinski definition) is 5. The second-order valence-electron chi connectivity index (χ2n) is 8.43. The Labute approximate surface area is 205 Å². The Kier molecular flexibility index (Phi) is 8.78. The second-order valence-corrected chi connectivity index (χ2v) is 9.52. The summed E-state index contributed by atoms with van der Waals surface area (Å²) in [5.41, 5.74) is 0.745. The largest absolute Gasteiger partial charge is 0.486 e. The number of likely N-dealkylation sites (N-methyl/N-ethyl adjacent to an activating group) is 1. The fourth-order valence-corrected chi connectivity index (χ4v) is 3.97. The molecule has 1 aliphatic rings. The van der Waals surface area contributed by atoms with Gasteiger partial charge in [-0.05, 0) is 43.3 Å². The Morgan fingerprint density at radius 1 is 1.29 bits per heavy atom. The van der Waals surface area contributed by atoms with Crippen molar-refractivity contribution in [1.82, 2.24) is 9.21 Å². The minimum absolute atomic E-state index is 0.0648. The molecular formula is C23H29FN4O6S. The number of halogens is 1. The summed E-state index contributed by atoms with van der Waals surface area (Å²) in [6.07, 6.45) is -0.626. The smallest absolute Gasteiger partial charge is 0.323 e. The third-order valence-corrected chi connectivity index (χ3v) is 6.43. The lowest BCUT2D eigenvalue weighted by molar-refractivity contribution is 0.0388. The Morgan fingerprint density at radius 3 is 2.60 bits per heavy atom. The number of carbonyl (C=O) groups excluding carboxylic acids is 2. The number of rotatable bonds is 7. The molecule has 3 rings (SSSR count). The highest BCUT2D eigenvalue weighted by molar-refractivity contribution is 7.76. The van der Waals surface area contributed by atoms with Gasteiger partial charge in [-0.3, -0.25) is 9.35 Å². The first kappa shape index (κ1) is 26.5. The van der Waals surface area contributed by atoms with Crippen LogP contribution in [-0.2, 0) is 11.3 Å². The van der Waals surface area contributed by atoms with E-state index >= 15 is 0 Å². The van der Waals surface area contributed by atoms with Gasteiger partial charge in [-0.15, -0.1) is 0 Å². The second kappa shape index (κ2) is 11.6. The van der Waals surface area contributed by atoms with Crippen LogP contribution in [-0.4, -0.2) is 73.9 Å². The fraction of sp³-hybridized carbons (Fsp3) is 0.391. The summed E-state index contributed by atoms with van der Waals surface area (Å²) in [4.78, 5) is 27.6. The summed E-state index contributed by atoms with van der Waals surface area (Å²) in [6, 6.07) is 8.81. The van der Waals surface area contributed by atoms with E-state index in [1.807, 2.05) is 6.92 Å². The number of carbonyl (C=O) groups is 2. The molecular weight excluding hydrogens is 479 g/mol. The van der Waals surface area contributed by atoms with Gasteiger partial charge in [-0.1, -0.05) is 13.0 Å². The van der Waals surface area contributed by atoms with Gasteiger partial charge in [-0.25, -0.2) is 17.7 Å². The van der Waals surface area contributed by atoms with E-state index in [1.165, 1.54) is 40.5 Å². The van der Waals surface area contributed by atoms with E-state index in [4.69, 9.17) is 4.74 Å². The molecule has 4 unspecified atom stereocenters. The average molecular weight is 509 g/mol. The highest BCUT2D eigenvalue weighted by Gasteiger charge is 2.35. The van der Waals surface area contributed by atoms with E-state index in [0.717, 1.165) is 0 Å². The number of aliphatic hydroxyl groups excluding tert-OH is 1. The zero-order valence-electron chi connectivity index (χ0n) is 19.6. The number of nitrogens with zero attached hydrogens (tertiary/aromatic N) is 2. The number of benzene rings is 2. The maximum atomic E-state index is 13.4. The SMILES string of the molecule is CC1CN(C(C)CO)C(=O)c2cccc(NC(=O)Nc3ccc(F)cc3)c2OC1CN(C)S(=O)O. The Bertz CT molecular complexity index is 1090. The summed E-state index contributed by atoms with van der Waals surface area (Å²) in [7, 11) is 1.46. The van der Waals surface area contributed by atoms with Crippen molar-refractivity contribution in [1.29, 1.82) is 0 Å². The maximum absolute atomic E-state index is 13.4. The number of ether oxygens (including phenoxy) is 1. The van der Waals surface area contributed by atoms with Crippen molar-refractivity contribution >= 4 is 34.6 Å². The molecule has 3 amide bonds. The number of hydrogen-bond donors (Lipinski definition) is 4. The van der Waals surface area contributed by atoms with E-state index in [0.29, 0.717) is 5.69 Å². The number of nitrogens with one attached hydrogen (secondary N) is 2. The van der Waals surface area contributed by atoms with Crippen LogP contribution in [0.4, 0.5) is 20.6 Å². The predicted octanol–water partition coefficient (Wildman–Crippen LogP) is 2.76. The van der Waals surface area contributed by atoms with Crippen LogP contribution in [0.5, 0.6) is 5.75 Å². The van der Waals surface area contributed by atoms with Crippen LogP contribution in [0.1, 0.15) is 24.2 Å². The summed E-state index contributed by atoms with van der Waals surface area (Å²) in [6.45, 7) is 3.62. The molecule has 190 valence electrons. The van der Waals surface area contributed by atoms with Crippen LogP contribution in [0.2, 0.25) is 0 Å². The van der Waals surface area contributed by atoms with Crippen LogP contribution >= 0.6 is 0 Å². The van der Waals surface area contributed by atoms with E-state index < -0.39 is 35.3 Å². The molecule has 4 atom stereocenters. The first-order chi connectivity index (χ1) is 16.6. The van der Waals surface area contributed by atoms with Crippen LogP contribution in [0.15, 0.2) is 42.5 Å². The molecule has 0 bridgehead atoms. The van der Waals surface area contributed by atoms with Crippen molar-refractivity contribution in [2.45, 2.75) is 26.0 Å². The Hall–Kier alpha value is -3.06. The molecule has 2 aromatic carbocycles. The topological polar surface area (TPSA) is 131 Å². The fourth-order valence-electron chi connectivity index (χ4n) is 3.69. The molecule has 0 spiro atoms. The Balaban J connectivity index is 1.97. The monoisotopic (exact) mass is 508 g/mol. The van der Waals surface area contributed by atoms with Crippen LogP contribution in [0.25, 0.3) is 0 Å². The first-order valence-electron chi connectivity index (χ1n) is 11.0. The van der Waals surface area contributed by atoms with Crippen molar-refractivity contribution in [3.05, 3.63) is 53.8 Å². The third kappa shape index (κ3) is 6.54. The summed E-state index contributed by atoms with van der Waals surface area (Å²) < 4.78 is 41.6. The van der Waals surface area contributed by atoms with Gasteiger partial charge >= 0.3 is 6.03 Å². The average Bonchev–Trinajstić information content (AvgIpc) is 2.82. The minimum Gasteiger partial charge on any atom is -0.486 e. The van der Waals surface area contributed by atoms with E-state index in [2.05, 4.69) is 10.6 Å². The standard InChI is InChI=1S/C23H29FN4O6S/c1-14-11-28(15(2)13-29)22(30)18-5-4-6-19(21(18)34-20(14)12-27(3)35(32)33)26-23(31)25-17-9-7-16(24)8-10-17/h4-10,14-15,20,29H,11-13H2,1-3H3,(H,32,33)(H2,25,26,31). The van der Waals surface area contributed by atoms with E-state index in [1.54, 1.807) is 25.1 Å².